The van der Waals surface area contributed by atoms with Crippen LogP contribution in [0.15, 0.2) is 47.6 Å². The van der Waals surface area contributed by atoms with E-state index >= 15 is 0 Å². The molecular formula is C21H23N3O3S. The highest BCUT2D eigenvalue weighted by Crippen LogP contribution is 2.39. The lowest BCUT2D eigenvalue weighted by Crippen LogP contribution is -2.32. The summed E-state index contributed by atoms with van der Waals surface area (Å²) >= 11 is 1.44. The number of likely N-dealkylation sites (tertiary alicyclic amines) is 1. The van der Waals surface area contributed by atoms with Crippen molar-refractivity contribution in [2.45, 2.75) is 24.0 Å². The van der Waals surface area contributed by atoms with Gasteiger partial charge in [-0.3, -0.25) is 4.79 Å². The zero-order chi connectivity index (χ0) is 19.5. The number of carbonyl (C=O) groups is 1. The van der Waals surface area contributed by atoms with Gasteiger partial charge in [0.15, 0.2) is 5.16 Å². The quantitative estimate of drug-likeness (QED) is 0.636. The van der Waals surface area contributed by atoms with Gasteiger partial charge in [-0.2, -0.15) is 0 Å². The molecule has 6 nitrogen and oxygen atoms in total. The number of thioether (sulfide) groups is 1. The van der Waals surface area contributed by atoms with Crippen LogP contribution in [-0.4, -0.2) is 47.3 Å². The number of aromatic amines is 1. The first kappa shape index (κ1) is 18.7. The number of amides is 1. The van der Waals surface area contributed by atoms with Crippen molar-refractivity contribution in [3.63, 3.8) is 0 Å². The molecule has 0 spiro atoms. The summed E-state index contributed by atoms with van der Waals surface area (Å²) in [7, 11) is 3.30. The molecule has 0 saturated carbocycles. The lowest BCUT2D eigenvalue weighted by atomic mass is 10.0. The molecule has 146 valence electrons. The predicted octanol–water partition coefficient (Wildman–Crippen LogP) is 4.04. The van der Waals surface area contributed by atoms with Crippen LogP contribution in [0.25, 0.3) is 11.0 Å². The van der Waals surface area contributed by atoms with E-state index in [1.54, 1.807) is 14.2 Å². The van der Waals surface area contributed by atoms with Crippen molar-refractivity contribution in [1.29, 1.82) is 0 Å². The standard InChI is InChI=1S/C21H23N3O3S/c1-26-14-9-10-19(27-2)15(12-14)18-8-5-11-24(18)20(25)13-28-21-22-16-6-3-4-7-17(16)23-21/h3-4,6-7,9-10,12,18H,5,8,11,13H2,1-2H3,(H,22,23)/t18-/m1/s1. The minimum Gasteiger partial charge on any atom is -0.497 e. The molecule has 4 rings (SSSR count). The molecule has 1 aliphatic rings. The van der Waals surface area contributed by atoms with Crippen molar-refractivity contribution >= 4 is 28.7 Å². The van der Waals surface area contributed by atoms with E-state index in [2.05, 4.69) is 9.97 Å². The molecule has 0 bridgehead atoms. The molecule has 1 atom stereocenters. The highest BCUT2D eigenvalue weighted by Gasteiger charge is 2.32. The van der Waals surface area contributed by atoms with Crippen LogP contribution in [0, 0.1) is 0 Å². The van der Waals surface area contributed by atoms with Crippen LogP contribution < -0.4 is 9.47 Å². The van der Waals surface area contributed by atoms with Gasteiger partial charge in [0.1, 0.15) is 11.5 Å². The van der Waals surface area contributed by atoms with E-state index in [9.17, 15) is 4.79 Å². The summed E-state index contributed by atoms with van der Waals surface area (Å²) in [5.74, 6) is 2.02. The molecule has 1 aliphatic heterocycles. The highest BCUT2D eigenvalue weighted by molar-refractivity contribution is 7.99. The Bertz CT molecular complexity index is 955. The molecular weight excluding hydrogens is 374 g/mol. The number of nitrogens with one attached hydrogen (secondary N) is 1. The lowest BCUT2D eigenvalue weighted by molar-refractivity contribution is -0.129. The number of ether oxygens (including phenoxy) is 2. The minimum atomic E-state index is 0.00817. The highest BCUT2D eigenvalue weighted by atomic mass is 32.2. The third kappa shape index (κ3) is 3.67. The first-order chi connectivity index (χ1) is 13.7. The van der Waals surface area contributed by atoms with Crippen LogP contribution in [0.3, 0.4) is 0 Å². The Labute approximate surface area is 168 Å². The topological polar surface area (TPSA) is 67.5 Å². The zero-order valence-electron chi connectivity index (χ0n) is 16.0. The molecule has 2 heterocycles. The van der Waals surface area contributed by atoms with Gasteiger partial charge >= 0.3 is 0 Å². The molecule has 7 heteroatoms. The van der Waals surface area contributed by atoms with Gasteiger partial charge in [0.2, 0.25) is 5.91 Å². The number of benzene rings is 2. The Kier molecular flexibility index (Phi) is 5.43. The van der Waals surface area contributed by atoms with E-state index in [4.69, 9.17) is 9.47 Å². The zero-order valence-corrected chi connectivity index (χ0v) is 16.8. The SMILES string of the molecule is COc1ccc(OC)c([C@H]2CCCN2C(=O)CSc2nc3ccccc3[nH]2)c1. The fourth-order valence-electron chi connectivity index (χ4n) is 3.70. The fraction of sp³-hybridized carbons (Fsp3) is 0.333. The number of rotatable bonds is 6. The summed E-state index contributed by atoms with van der Waals surface area (Å²) in [6, 6.07) is 13.6. The second-order valence-corrected chi connectivity index (χ2v) is 7.66. The number of methoxy groups -OCH3 is 2. The van der Waals surface area contributed by atoms with Crippen LogP contribution in [0.4, 0.5) is 0 Å². The van der Waals surface area contributed by atoms with E-state index in [-0.39, 0.29) is 11.9 Å². The number of hydrogen-bond acceptors (Lipinski definition) is 5. The summed E-state index contributed by atoms with van der Waals surface area (Å²) in [5, 5.41) is 0.768. The van der Waals surface area contributed by atoms with E-state index in [1.807, 2.05) is 47.4 Å². The van der Waals surface area contributed by atoms with Gasteiger partial charge in [-0.1, -0.05) is 23.9 Å². The number of aromatic nitrogens is 2. The Morgan fingerprint density at radius 2 is 2.11 bits per heavy atom. The molecule has 1 N–H and O–H groups in total. The van der Waals surface area contributed by atoms with Crippen molar-refractivity contribution in [2.75, 3.05) is 26.5 Å². The largest absolute Gasteiger partial charge is 0.497 e. The van der Waals surface area contributed by atoms with E-state index in [1.165, 1.54) is 11.8 Å². The number of imidazole rings is 1. The Balaban J connectivity index is 1.49. The van der Waals surface area contributed by atoms with Crippen LogP contribution >= 0.6 is 11.8 Å². The normalized spacial score (nSPS) is 16.5. The summed E-state index contributed by atoms with van der Waals surface area (Å²) < 4.78 is 10.9. The van der Waals surface area contributed by atoms with Crippen LogP contribution in [-0.2, 0) is 4.79 Å². The number of fused-ring (bicyclic) bond motifs is 1. The first-order valence-electron chi connectivity index (χ1n) is 9.28. The summed E-state index contributed by atoms with van der Waals surface area (Å²) in [5.41, 5.74) is 2.90. The number of hydrogen-bond donors (Lipinski definition) is 1. The van der Waals surface area contributed by atoms with Crippen LogP contribution in [0.5, 0.6) is 11.5 Å². The van der Waals surface area contributed by atoms with Gasteiger partial charge in [-0.25, -0.2) is 4.98 Å². The average Bonchev–Trinajstić information content (AvgIpc) is 3.38. The molecule has 0 unspecified atom stereocenters. The van der Waals surface area contributed by atoms with Gasteiger partial charge < -0.3 is 19.4 Å². The molecule has 2 aromatic carbocycles. The molecule has 0 radical (unpaired) electrons. The first-order valence-corrected chi connectivity index (χ1v) is 10.3. The molecule has 3 aromatic rings. The van der Waals surface area contributed by atoms with Crippen LogP contribution in [0.1, 0.15) is 24.4 Å². The minimum absolute atomic E-state index is 0.00817. The van der Waals surface area contributed by atoms with Crippen molar-refractivity contribution in [3.8, 4) is 11.5 Å². The monoisotopic (exact) mass is 397 g/mol. The average molecular weight is 398 g/mol. The van der Waals surface area contributed by atoms with Gasteiger partial charge in [0, 0.05) is 12.1 Å². The van der Waals surface area contributed by atoms with Gasteiger partial charge in [0.25, 0.3) is 0 Å². The van der Waals surface area contributed by atoms with Crippen molar-refractivity contribution in [3.05, 3.63) is 48.0 Å². The number of H-pyrrole nitrogens is 1. The maximum absolute atomic E-state index is 13.0. The Morgan fingerprint density at radius 3 is 2.89 bits per heavy atom. The van der Waals surface area contributed by atoms with E-state index in [0.717, 1.165) is 52.6 Å². The second-order valence-electron chi connectivity index (χ2n) is 6.70. The van der Waals surface area contributed by atoms with Gasteiger partial charge in [-0.15, -0.1) is 0 Å². The summed E-state index contributed by atoms with van der Waals surface area (Å²) in [4.78, 5) is 22.7. The number of nitrogens with zero attached hydrogens (tertiary/aromatic N) is 2. The van der Waals surface area contributed by atoms with Crippen molar-refractivity contribution < 1.29 is 14.3 Å². The smallest absolute Gasteiger partial charge is 0.233 e. The molecule has 0 aliphatic carbocycles. The third-order valence-electron chi connectivity index (χ3n) is 5.07. The Hall–Kier alpha value is -2.67. The number of carbonyl (C=O) groups excluding carboxylic acids is 1. The summed E-state index contributed by atoms with van der Waals surface area (Å²) in [6.45, 7) is 0.755. The predicted molar refractivity (Wildman–Crippen MR) is 110 cm³/mol. The second kappa shape index (κ2) is 8.14. The van der Waals surface area contributed by atoms with Crippen molar-refractivity contribution in [1.82, 2.24) is 14.9 Å². The molecule has 1 aromatic heterocycles. The molecule has 1 fully saturated rings. The lowest BCUT2D eigenvalue weighted by Gasteiger charge is -2.26. The van der Waals surface area contributed by atoms with Gasteiger partial charge in [0.05, 0.1) is 37.0 Å². The van der Waals surface area contributed by atoms with Crippen LogP contribution in [0.2, 0.25) is 0 Å². The molecule has 28 heavy (non-hydrogen) atoms. The maximum Gasteiger partial charge on any atom is 0.233 e. The van der Waals surface area contributed by atoms with E-state index in [0.29, 0.717) is 5.75 Å². The number of para-hydroxylation sites is 2. The van der Waals surface area contributed by atoms with Gasteiger partial charge in [-0.05, 0) is 43.2 Å². The third-order valence-corrected chi connectivity index (χ3v) is 5.93. The molecule has 1 saturated heterocycles. The fourth-order valence-corrected chi connectivity index (χ4v) is 4.47. The summed E-state index contributed by atoms with van der Waals surface area (Å²) in [6.07, 6.45) is 1.90. The molecule has 1 amide bonds. The van der Waals surface area contributed by atoms with Crippen molar-refractivity contribution in [2.24, 2.45) is 0 Å². The Morgan fingerprint density at radius 1 is 1.25 bits per heavy atom. The maximum atomic E-state index is 13.0. The van der Waals surface area contributed by atoms with E-state index < -0.39 is 0 Å².